The van der Waals surface area contributed by atoms with Crippen LogP contribution in [0.5, 0.6) is 0 Å². The lowest BCUT2D eigenvalue weighted by Gasteiger charge is -2.06. The van der Waals surface area contributed by atoms with Gasteiger partial charge in [0, 0.05) is 17.0 Å². The summed E-state index contributed by atoms with van der Waals surface area (Å²) in [6.07, 6.45) is 4.09. The molecule has 0 aliphatic carbocycles. The van der Waals surface area contributed by atoms with E-state index >= 15 is 0 Å². The first-order valence-corrected chi connectivity index (χ1v) is 10.9. The molecule has 2 heterocycles. The van der Waals surface area contributed by atoms with Gasteiger partial charge >= 0.3 is 0 Å². The fourth-order valence-electron chi connectivity index (χ4n) is 3.19. The highest BCUT2D eigenvalue weighted by Crippen LogP contribution is 2.14. The molecule has 0 aliphatic heterocycles. The molecule has 162 valence electrons. The van der Waals surface area contributed by atoms with Crippen molar-refractivity contribution in [2.24, 2.45) is 0 Å². The van der Waals surface area contributed by atoms with Gasteiger partial charge in [0.15, 0.2) is 0 Å². The van der Waals surface area contributed by atoms with E-state index < -0.39 is 0 Å². The predicted octanol–water partition coefficient (Wildman–Crippen LogP) is 4.23. The van der Waals surface area contributed by atoms with Gasteiger partial charge in [0.2, 0.25) is 5.91 Å². The van der Waals surface area contributed by atoms with Crippen LogP contribution in [-0.2, 0) is 17.6 Å². The first-order valence-electron chi connectivity index (χ1n) is 10.1. The van der Waals surface area contributed by atoms with Crippen LogP contribution < -0.4 is 10.6 Å². The van der Waals surface area contributed by atoms with E-state index in [9.17, 15) is 14.0 Å². The Balaban J connectivity index is 1.31. The van der Waals surface area contributed by atoms with Crippen molar-refractivity contribution in [3.63, 3.8) is 0 Å². The van der Waals surface area contributed by atoms with E-state index in [-0.39, 0.29) is 24.1 Å². The third-order valence-electron chi connectivity index (χ3n) is 4.75. The molecule has 2 aromatic heterocycles. The largest absolute Gasteiger partial charge is 0.352 e. The van der Waals surface area contributed by atoms with E-state index in [1.807, 2.05) is 17.5 Å². The van der Waals surface area contributed by atoms with Gasteiger partial charge in [-0.3, -0.25) is 9.59 Å². The van der Waals surface area contributed by atoms with Crippen LogP contribution in [0.4, 0.5) is 10.1 Å². The molecule has 0 unspecified atom stereocenters. The lowest BCUT2D eigenvalue weighted by molar-refractivity contribution is -0.115. The average Bonchev–Trinajstić information content (AvgIpc) is 3.46. The third-order valence-corrected chi connectivity index (χ3v) is 5.69. The number of carbonyl (C=O) groups is 2. The summed E-state index contributed by atoms with van der Waals surface area (Å²) in [5, 5.41) is 12.0. The number of aromatic nitrogens is 2. The Labute approximate surface area is 188 Å². The minimum absolute atomic E-state index is 0.0687. The molecule has 0 saturated heterocycles. The number of nitrogens with one attached hydrogen (secondary N) is 2. The van der Waals surface area contributed by atoms with Crippen molar-refractivity contribution < 1.29 is 14.0 Å². The summed E-state index contributed by atoms with van der Waals surface area (Å²) < 4.78 is 14.9. The van der Waals surface area contributed by atoms with Crippen molar-refractivity contribution in [1.29, 1.82) is 0 Å². The lowest BCUT2D eigenvalue weighted by Crippen LogP contribution is -2.25. The quantitative estimate of drug-likeness (QED) is 0.424. The number of amides is 2. The van der Waals surface area contributed by atoms with Gasteiger partial charge in [-0.05, 0) is 59.8 Å². The number of hydrogen-bond acceptors (Lipinski definition) is 4. The van der Waals surface area contributed by atoms with E-state index in [4.69, 9.17) is 0 Å². The zero-order valence-electron chi connectivity index (χ0n) is 17.1. The summed E-state index contributed by atoms with van der Waals surface area (Å²) in [6, 6.07) is 17.0. The maximum Gasteiger partial charge on any atom is 0.251 e. The number of hydrogen-bond donors (Lipinski definition) is 2. The van der Waals surface area contributed by atoms with Gasteiger partial charge in [0.1, 0.15) is 5.82 Å². The standard InChI is InChI=1S/C24H21FN4O2S/c25-19-4-1-3-17(13-19)14-23(30)28-20-15-27-29(16-20)21-8-6-18(7-9-21)24(31)26-11-10-22-5-2-12-32-22/h1-9,12-13,15-16H,10-11,14H2,(H,26,31)(H,28,30). The molecule has 4 aromatic rings. The Morgan fingerprint density at radius 2 is 1.91 bits per heavy atom. The molecule has 4 rings (SSSR count). The van der Waals surface area contributed by atoms with Crippen molar-refractivity contribution in [2.75, 3.05) is 11.9 Å². The van der Waals surface area contributed by atoms with Crippen LogP contribution in [0, 0.1) is 5.82 Å². The average molecular weight is 449 g/mol. The number of thiophene rings is 1. The Morgan fingerprint density at radius 1 is 1.06 bits per heavy atom. The second-order valence-electron chi connectivity index (χ2n) is 7.16. The first-order chi connectivity index (χ1) is 15.6. The molecule has 32 heavy (non-hydrogen) atoms. The normalized spacial score (nSPS) is 10.7. The van der Waals surface area contributed by atoms with Gasteiger partial charge in [-0.15, -0.1) is 11.3 Å². The maximum atomic E-state index is 13.3. The Hall–Kier alpha value is -3.78. The molecule has 2 aromatic carbocycles. The highest BCUT2D eigenvalue weighted by atomic mass is 32.1. The molecule has 0 fully saturated rings. The Morgan fingerprint density at radius 3 is 2.66 bits per heavy atom. The fraction of sp³-hybridized carbons (Fsp3) is 0.125. The molecule has 8 heteroatoms. The van der Waals surface area contributed by atoms with Crippen molar-refractivity contribution in [3.8, 4) is 5.69 Å². The lowest BCUT2D eigenvalue weighted by atomic mass is 10.1. The molecular formula is C24H21FN4O2S. The van der Waals surface area contributed by atoms with Crippen LogP contribution >= 0.6 is 11.3 Å². The molecule has 0 radical (unpaired) electrons. The maximum absolute atomic E-state index is 13.3. The minimum Gasteiger partial charge on any atom is -0.352 e. The summed E-state index contributed by atoms with van der Waals surface area (Å²) in [7, 11) is 0. The fourth-order valence-corrected chi connectivity index (χ4v) is 3.90. The molecule has 0 saturated carbocycles. The Bertz CT molecular complexity index is 1200. The van der Waals surface area contributed by atoms with Crippen molar-refractivity contribution >= 4 is 28.8 Å². The van der Waals surface area contributed by atoms with E-state index in [0.717, 1.165) is 12.1 Å². The molecule has 6 nitrogen and oxygen atoms in total. The number of rotatable bonds is 8. The van der Waals surface area contributed by atoms with E-state index in [1.165, 1.54) is 23.2 Å². The molecule has 0 atom stereocenters. The van der Waals surface area contributed by atoms with Crippen molar-refractivity contribution in [1.82, 2.24) is 15.1 Å². The summed E-state index contributed by atoms with van der Waals surface area (Å²) in [4.78, 5) is 25.8. The van der Waals surface area contributed by atoms with Gasteiger partial charge in [0.05, 0.1) is 30.2 Å². The molecule has 2 N–H and O–H groups in total. The molecular weight excluding hydrogens is 427 g/mol. The predicted molar refractivity (Wildman–Crippen MR) is 123 cm³/mol. The summed E-state index contributed by atoms with van der Waals surface area (Å²) >= 11 is 1.67. The molecule has 0 bridgehead atoms. The van der Waals surface area contributed by atoms with Gasteiger partial charge < -0.3 is 10.6 Å². The van der Waals surface area contributed by atoms with Crippen molar-refractivity contribution in [2.45, 2.75) is 12.8 Å². The molecule has 0 aliphatic rings. The van der Waals surface area contributed by atoms with Crippen LogP contribution in [0.25, 0.3) is 5.69 Å². The van der Waals surface area contributed by atoms with Crippen LogP contribution in [0.15, 0.2) is 78.4 Å². The second kappa shape index (κ2) is 10.0. The summed E-state index contributed by atoms with van der Waals surface area (Å²) in [5.74, 6) is -0.758. The summed E-state index contributed by atoms with van der Waals surface area (Å²) in [6.45, 7) is 0.582. The zero-order valence-corrected chi connectivity index (χ0v) is 17.9. The van der Waals surface area contributed by atoms with Gasteiger partial charge in [0.25, 0.3) is 5.91 Å². The minimum atomic E-state index is -0.372. The first kappa shape index (κ1) is 21.5. The van der Waals surface area contributed by atoms with Gasteiger partial charge in [-0.1, -0.05) is 18.2 Å². The highest BCUT2D eigenvalue weighted by Gasteiger charge is 2.09. The number of halogens is 1. The van der Waals surface area contributed by atoms with Crippen molar-refractivity contribution in [3.05, 3.63) is 100 Å². The van der Waals surface area contributed by atoms with E-state index in [1.54, 1.807) is 58.6 Å². The SMILES string of the molecule is O=C(Cc1cccc(F)c1)Nc1cnn(-c2ccc(C(=O)NCCc3cccs3)cc2)c1. The Kier molecular flexibility index (Phi) is 6.72. The van der Waals surface area contributed by atoms with Crippen LogP contribution in [0.1, 0.15) is 20.8 Å². The molecule has 2 amide bonds. The number of anilines is 1. The third kappa shape index (κ3) is 5.67. The van der Waals surface area contributed by atoms with Gasteiger partial charge in [-0.25, -0.2) is 9.07 Å². The number of carbonyl (C=O) groups excluding carboxylic acids is 2. The second-order valence-corrected chi connectivity index (χ2v) is 8.19. The zero-order chi connectivity index (χ0) is 22.3. The highest BCUT2D eigenvalue weighted by molar-refractivity contribution is 7.09. The van der Waals surface area contributed by atoms with E-state index in [0.29, 0.717) is 23.4 Å². The van der Waals surface area contributed by atoms with Crippen LogP contribution in [-0.4, -0.2) is 28.1 Å². The number of benzene rings is 2. The van der Waals surface area contributed by atoms with E-state index in [2.05, 4.69) is 15.7 Å². The summed E-state index contributed by atoms with van der Waals surface area (Å²) in [5.41, 5.74) is 2.45. The molecule has 0 spiro atoms. The monoisotopic (exact) mass is 448 g/mol. The number of nitrogens with zero attached hydrogens (tertiary/aromatic N) is 2. The van der Waals surface area contributed by atoms with Crippen LogP contribution in [0.2, 0.25) is 0 Å². The smallest absolute Gasteiger partial charge is 0.251 e. The van der Waals surface area contributed by atoms with Gasteiger partial charge in [-0.2, -0.15) is 5.10 Å². The van der Waals surface area contributed by atoms with Crippen LogP contribution in [0.3, 0.4) is 0 Å². The topological polar surface area (TPSA) is 76.0 Å².